The second-order valence-corrected chi connectivity index (χ2v) is 10.4. The Morgan fingerprint density at radius 2 is 1.77 bits per heavy atom. The molecule has 7 nitrogen and oxygen atoms in total. The van der Waals surface area contributed by atoms with Crippen molar-refractivity contribution in [3.8, 4) is 11.1 Å². The number of benzene rings is 2. The maximum absolute atomic E-state index is 12.7. The van der Waals surface area contributed by atoms with Gasteiger partial charge in [-0.05, 0) is 63.3 Å². The number of aromatic nitrogens is 2. The van der Waals surface area contributed by atoms with E-state index in [1.807, 2.05) is 49.7 Å². The third kappa shape index (κ3) is 4.55. The number of ether oxygens (including phenoxy) is 1. The van der Waals surface area contributed by atoms with Gasteiger partial charge >= 0.3 is 6.09 Å². The zero-order valence-corrected chi connectivity index (χ0v) is 20.8. The van der Waals surface area contributed by atoms with Gasteiger partial charge in [-0.1, -0.05) is 36.4 Å². The molecular formula is C28H32N4O3. The van der Waals surface area contributed by atoms with Gasteiger partial charge in [0.15, 0.2) is 5.78 Å². The summed E-state index contributed by atoms with van der Waals surface area (Å²) < 4.78 is 7.47. The average Bonchev–Trinajstić information content (AvgIpc) is 3.11. The normalized spacial score (nSPS) is 17.0. The number of piperidine rings is 1. The van der Waals surface area contributed by atoms with Crippen LogP contribution in [0.25, 0.3) is 27.7 Å². The number of carbonyl (C=O) groups is 2. The molecule has 3 aromatic rings. The minimum atomic E-state index is -0.519. The van der Waals surface area contributed by atoms with Gasteiger partial charge in [-0.3, -0.25) is 4.79 Å². The Kier molecular flexibility index (Phi) is 5.87. The number of carbonyl (C=O) groups excluding carboxylic acids is 2. The second kappa shape index (κ2) is 8.87. The summed E-state index contributed by atoms with van der Waals surface area (Å²) in [7, 11) is 0. The summed E-state index contributed by atoms with van der Waals surface area (Å²) in [6.45, 7) is 9.14. The van der Waals surface area contributed by atoms with Crippen LogP contribution in [0.5, 0.6) is 0 Å². The molecule has 0 atom stereocenters. The largest absolute Gasteiger partial charge is 0.444 e. The number of ketones is 1. The maximum atomic E-state index is 12.7. The molecule has 1 amide bonds. The zero-order chi connectivity index (χ0) is 24.7. The number of allylic oxidation sites excluding steroid dienone is 1. The van der Waals surface area contributed by atoms with Gasteiger partial charge in [0, 0.05) is 25.1 Å². The van der Waals surface area contributed by atoms with Crippen LogP contribution in [0.15, 0.2) is 48.5 Å². The standard InChI is InChI=1S/C28H32N4O3/c1-18-8-5-6-9-21(18)22-10-7-11-23-25(22)26-29-17-20(33)16-24(32(26)30-23)19-12-14-31(15-13-19)27(34)35-28(2,3)4/h5-11,16,19,29H,12-15,17H2,1-4H3. The van der Waals surface area contributed by atoms with Crippen molar-refractivity contribution in [1.29, 1.82) is 0 Å². The summed E-state index contributed by atoms with van der Waals surface area (Å²) in [5.41, 5.74) is 4.71. The first-order valence-corrected chi connectivity index (χ1v) is 12.3. The quantitative estimate of drug-likeness (QED) is 0.533. The molecule has 7 heteroatoms. The minimum absolute atomic E-state index is 0.0293. The van der Waals surface area contributed by atoms with Gasteiger partial charge in [0.05, 0.1) is 23.1 Å². The molecule has 2 aromatic carbocycles. The van der Waals surface area contributed by atoms with E-state index in [4.69, 9.17) is 9.84 Å². The predicted molar refractivity (Wildman–Crippen MR) is 138 cm³/mol. The van der Waals surface area contributed by atoms with Crippen molar-refractivity contribution in [3.63, 3.8) is 0 Å². The summed E-state index contributed by atoms with van der Waals surface area (Å²) in [6, 6.07) is 14.5. The molecule has 1 aromatic heterocycles. The average molecular weight is 473 g/mol. The summed E-state index contributed by atoms with van der Waals surface area (Å²) in [5.74, 6) is 1.000. The van der Waals surface area contributed by atoms with E-state index in [1.165, 1.54) is 5.56 Å². The number of nitrogens with one attached hydrogen (secondary N) is 1. The van der Waals surface area contributed by atoms with Crippen LogP contribution in [0.3, 0.4) is 0 Å². The highest BCUT2D eigenvalue weighted by Gasteiger charge is 2.32. The minimum Gasteiger partial charge on any atom is -0.444 e. The van der Waals surface area contributed by atoms with Crippen LogP contribution in [0.2, 0.25) is 0 Å². The van der Waals surface area contributed by atoms with Crippen molar-refractivity contribution >= 4 is 34.3 Å². The summed E-state index contributed by atoms with van der Waals surface area (Å²) in [5, 5.41) is 9.34. The molecule has 1 saturated heterocycles. The van der Waals surface area contributed by atoms with Gasteiger partial charge in [-0.15, -0.1) is 0 Å². The molecule has 0 aliphatic carbocycles. The Labute approximate surface area is 205 Å². The Morgan fingerprint density at radius 3 is 2.49 bits per heavy atom. The Hall–Kier alpha value is -3.61. The number of fused-ring (bicyclic) bond motifs is 3. The van der Waals surface area contributed by atoms with Crippen molar-refractivity contribution in [1.82, 2.24) is 14.7 Å². The van der Waals surface area contributed by atoms with E-state index < -0.39 is 5.60 Å². The highest BCUT2D eigenvalue weighted by molar-refractivity contribution is 6.07. The number of likely N-dealkylation sites (tertiary alicyclic amines) is 1. The van der Waals surface area contributed by atoms with Crippen LogP contribution in [0.1, 0.15) is 39.2 Å². The van der Waals surface area contributed by atoms with Gasteiger partial charge < -0.3 is 15.0 Å². The molecule has 2 aliphatic heterocycles. The highest BCUT2D eigenvalue weighted by Crippen LogP contribution is 2.39. The van der Waals surface area contributed by atoms with E-state index in [9.17, 15) is 9.59 Å². The van der Waals surface area contributed by atoms with Crippen LogP contribution in [-0.4, -0.2) is 51.8 Å². The fourth-order valence-corrected chi connectivity index (χ4v) is 5.01. The first-order chi connectivity index (χ1) is 16.7. The molecule has 5 rings (SSSR count). The van der Waals surface area contributed by atoms with Gasteiger partial charge in [0.2, 0.25) is 0 Å². The fourth-order valence-electron chi connectivity index (χ4n) is 5.01. The Balaban J connectivity index is 1.50. The number of aryl methyl sites for hydroxylation is 1. The monoisotopic (exact) mass is 472 g/mol. The highest BCUT2D eigenvalue weighted by atomic mass is 16.6. The molecule has 0 saturated carbocycles. The lowest BCUT2D eigenvalue weighted by Gasteiger charge is -2.34. The summed E-state index contributed by atoms with van der Waals surface area (Å²) in [4.78, 5) is 27.0. The van der Waals surface area contributed by atoms with Crippen LogP contribution in [-0.2, 0) is 9.53 Å². The van der Waals surface area contributed by atoms with Crippen LogP contribution >= 0.6 is 0 Å². The van der Waals surface area contributed by atoms with E-state index >= 15 is 0 Å². The Morgan fingerprint density at radius 1 is 1.06 bits per heavy atom. The molecular weight excluding hydrogens is 440 g/mol. The first-order valence-electron chi connectivity index (χ1n) is 12.3. The molecule has 3 heterocycles. The van der Waals surface area contributed by atoms with E-state index in [0.717, 1.165) is 46.4 Å². The van der Waals surface area contributed by atoms with Crippen molar-refractivity contribution < 1.29 is 14.3 Å². The molecule has 35 heavy (non-hydrogen) atoms. The maximum Gasteiger partial charge on any atom is 0.410 e. The van der Waals surface area contributed by atoms with E-state index in [2.05, 4.69) is 30.4 Å². The third-order valence-electron chi connectivity index (χ3n) is 6.68. The van der Waals surface area contributed by atoms with Crippen LogP contribution in [0, 0.1) is 12.8 Å². The predicted octanol–water partition coefficient (Wildman–Crippen LogP) is 5.49. The van der Waals surface area contributed by atoms with Crippen LogP contribution in [0.4, 0.5) is 10.6 Å². The Bertz CT molecular complexity index is 1320. The van der Waals surface area contributed by atoms with Gasteiger partial charge in [0.1, 0.15) is 11.4 Å². The molecule has 0 bridgehead atoms. The van der Waals surface area contributed by atoms with Crippen molar-refractivity contribution in [2.45, 2.75) is 46.1 Å². The molecule has 1 fully saturated rings. The number of hydrogen-bond donors (Lipinski definition) is 1. The SMILES string of the molecule is Cc1ccccc1-c1cccc2nn3c(c12)NCC(=O)C=C3C1CCN(C(=O)OC(C)(C)C)CC1. The molecule has 182 valence electrons. The number of rotatable bonds is 2. The van der Waals surface area contributed by atoms with Gasteiger partial charge in [-0.25, -0.2) is 9.48 Å². The lowest BCUT2D eigenvalue weighted by Crippen LogP contribution is -2.42. The summed E-state index contributed by atoms with van der Waals surface area (Å²) >= 11 is 0. The number of nitrogens with zero attached hydrogens (tertiary/aromatic N) is 3. The molecule has 0 spiro atoms. The topological polar surface area (TPSA) is 76.5 Å². The number of anilines is 1. The van der Waals surface area contributed by atoms with E-state index in [0.29, 0.717) is 13.1 Å². The smallest absolute Gasteiger partial charge is 0.410 e. The van der Waals surface area contributed by atoms with E-state index in [-0.39, 0.29) is 24.3 Å². The van der Waals surface area contributed by atoms with Crippen LogP contribution < -0.4 is 5.32 Å². The fraction of sp³-hybridized carbons (Fsp3) is 0.393. The van der Waals surface area contributed by atoms with Crippen molar-refractivity contribution in [3.05, 3.63) is 54.1 Å². The lowest BCUT2D eigenvalue weighted by molar-refractivity contribution is -0.113. The molecule has 0 unspecified atom stereocenters. The molecule has 0 radical (unpaired) electrons. The molecule has 2 aliphatic rings. The second-order valence-electron chi connectivity index (χ2n) is 10.4. The third-order valence-corrected chi connectivity index (χ3v) is 6.68. The van der Waals surface area contributed by atoms with Crippen molar-refractivity contribution in [2.75, 3.05) is 25.0 Å². The summed E-state index contributed by atoms with van der Waals surface area (Å²) in [6.07, 6.45) is 2.95. The van der Waals surface area contributed by atoms with E-state index in [1.54, 1.807) is 11.0 Å². The molecule has 1 N–H and O–H groups in total. The van der Waals surface area contributed by atoms with Crippen molar-refractivity contribution in [2.24, 2.45) is 5.92 Å². The van der Waals surface area contributed by atoms with Gasteiger partial charge in [0.25, 0.3) is 0 Å². The first kappa shape index (κ1) is 23.1. The number of amides is 1. The van der Waals surface area contributed by atoms with Gasteiger partial charge in [-0.2, -0.15) is 5.10 Å². The zero-order valence-electron chi connectivity index (χ0n) is 20.8. The lowest BCUT2D eigenvalue weighted by atomic mass is 9.92. The number of hydrogen-bond acceptors (Lipinski definition) is 5.